The number of hydrogen-bond donors (Lipinski definition) is 0. The van der Waals surface area contributed by atoms with Gasteiger partial charge in [-0.15, -0.1) is 11.3 Å². The number of aromatic nitrogens is 1. The van der Waals surface area contributed by atoms with Gasteiger partial charge in [0.25, 0.3) is 5.91 Å². The van der Waals surface area contributed by atoms with Gasteiger partial charge in [0, 0.05) is 11.6 Å². The second kappa shape index (κ2) is 6.80. The first-order valence-electron chi connectivity index (χ1n) is 8.33. The number of methoxy groups -OCH3 is 1. The van der Waals surface area contributed by atoms with Gasteiger partial charge in [0.05, 0.1) is 25.5 Å². The van der Waals surface area contributed by atoms with E-state index in [1.807, 2.05) is 55.5 Å². The number of fused-ring (bicyclic) bond motifs is 1. The summed E-state index contributed by atoms with van der Waals surface area (Å²) in [7, 11) is 1.61. The van der Waals surface area contributed by atoms with Crippen LogP contribution in [0, 0.1) is 0 Å². The Morgan fingerprint density at radius 2 is 2.08 bits per heavy atom. The molecule has 1 atom stereocenters. The molecule has 0 saturated heterocycles. The Morgan fingerprint density at radius 1 is 1.27 bits per heavy atom. The second-order valence-electron chi connectivity index (χ2n) is 6.07. The van der Waals surface area contributed by atoms with Crippen LogP contribution >= 0.6 is 11.3 Å². The molecule has 2 aromatic carbocycles. The number of thiazole rings is 1. The van der Waals surface area contributed by atoms with Crippen LogP contribution in [-0.2, 0) is 0 Å². The van der Waals surface area contributed by atoms with Crippen molar-refractivity contribution in [1.29, 1.82) is 0 Å². The van der Waals surface area contributed by atoms with E-state index in [4.69, 9.17) is 9.47 Å². The normalized spacial score (nSPS) is 15.9. The van der Waals surface area contributed by atoms with Crippen molar-refractivity contribution in [2.24, 2.45) is 0 Å². The quantitative estimate of drug-likeness (QED) is 0.695. The third-order valence-electron chi connectivity index (χ3n) is 4.21. The average Bonchev–Trinajstić information content (AvgIpc) is 3.17. The van der Waals surface area contributed by atoms with E-state index in [-0.39, 0.29) is 12.0 Å². The number of carbonyl (C=O) groups is 1. The molecular weight excluding hydrogens is 348 g/mol. The lowest BCUT2D eigenvalue weighted by atomic mass is 10.2. The highest BCUT2D eigenvalue weighted by Crippen LogP contribution is 2.38. The molecule has 0 spiro atoms. The van der Waals surface area contributed by atoms with Crippen molar-refractivity contribution < 1.29 is 14.3 Å². The van der Waals surface area contributed by atoms with E-state index in [1.165, 1.54) is 11.3 Å². The highest BCUT2D eigenvalue weighted by Gasteiger charge is 2.30. The maximum atomic E-state index is 13.2. The molecule has 1 unspecified atom stereocenters. The van der Waals surface area contributed by atoms with Gasteiger partial charge in [-0.1, -0.05) is 30.3 Å². The summed E-state index contributed by atoms with van der Waals surface area (Å²) in [5.74, 6) is 1.30. The summed E-state index contributed by atoms with van der Waals surface area (Å²) >= 11 is 1.40. The van der Waals surface area contributed by atoms with E-state index in [2.05, 4.69) is 4.98 Å². The lowest BCUT2D eigenvalue weighted by Crippen LogP contribution is -2.42. The summed E-state index contributed by atoms with van der Waals surface area (Å²) in [5.41, 5.74) is 1.73. The molecule has 0 saturated carbocycles. The maximum Gasteiger partial charge on any atom is 0.270 e. The zero-order chi connectivity index (χ0) is 18.1. The third-order valence-corrected chi connectivity index (χ3v) is 5.24. The van der Waals surface area contributed by atoms with Crippen LogP contribution in [0.2, 0.25) is 0 Å². The van der Waals surface area contributed by atoms with E-state index in [0.29, 0.717) is 22.9 Å². The van der Waals surface area contributed by atoms with Gasteiger partial charge >= 0.3 is 0 Å². The van der Waals surface area contributed by atoms with Crippen LogP contribution in [0.4, 0.5) is 5.69 Å². The molecule has 6 heteroatoms. The smallest absolute Gasteiger partial charge is 0.270 e. The Bertz CT molecular complexity index is 939. The fourth-order valence-electron chi connectivity index (χ4n) is 2.96. The molecule has 4 rings (SSSR count). The number of carbonyl (C=O) groups excluding carboxylic acids is 1. The highest BCUT2D eigenvalue weighted by molar-refractivity contribution is 7.17. The first kappa shape index (κ1) is 16.6. The van der Waals surface area contributed by atoms with Gasteiger partial charge in [-0.3, -0.25) is 4.79 Å². The van der Waals surface area contributed by atoms with E-state index < -0.39 is 0 Å². The number of amides is 1. The molecule has 26 heavy (non-hydrogen) atoms. The Hall–Kier alpha value is -2.86. The van der Waals surface area contributed by atoms with Gasteiger partial charge in [0.1, 0.15) is 27.5 Å². The molecule has 3 aromatic rings. The van der Waals surface area contributed by atoms with Gasteiger partial charge in [0.15, 0.2) is 0 Å². The summed E-state index contributed by atoms with van der Waals surface area (Å²) in [6.07, 6.45) is 1.57. The van der Waals surface area contributed by atoms with Crippen molar-refractivity contribution >= 4 is 22.9 Å². The maximum absolute atomic E-state index is 13.2. The lowest BCUT2D eigenvalue weighted by Gasteiger charge is -2.33. The van der Waals surface area contributed by atoms with Gasteiger partial charge in [0.2, 0.25) is 0 Å². The van der Waals surface area contributed by atoms with Crippen molar-refractivity contribution in [2.45, 2.75) is 13.0 Å². The van der Waals surface area contributed by atoms with Crippen molar-refractivity contribution in [1.82, 2.24) is 4.98 Å². The number of ether oxygens (including phenoxy) is 2. The molecule has 132 valence electrons. The van der Waals surface area contributed by atoms with Crippen molar-refractivity contribution in [3.8, 4) is 22.1 Å². The summed E-state index contributed by atoms with van der Waals surface area (Å²) in [6, 6.07) is 15.4. The third kappa shape index (κ3) is 3.04. The molecule has 2 heterocycles. The van der Waals surface area contributed by atoms with Crippen LogP contribution in [0.3, 0.4) is 0 Å². The molecule has 0 N–H and O–H groups in total. The molecule has 0 bridgehead atoms. The average molecular weight is 366 g/mol. The second-order valence-corrected chi connectivity index (χ2v) is 7.10. The molecule has 5 nitrogen and oxygen atoms in total. The number of anilines is 1. The van der Waals surface area contributed by atoms with Crippen molar-refractivity contribution in [3.63, 3.8) is 0 Å². The van der Waals surface area contributed by atoms with Crippen molar-refractivity contribution in [3.05, 3.63) is 59.6 Å². The molecular formula is C20H18N2O3S. The number of hydrogen-bond acceptors (Lipinski definition) is 5. The van der Waals surface area contributed by atoms with Gasteiger partial charge in [-0.05, 0) is 19.1 Å². The lowest BCUT2D eigenvalue weighted by molar-refractivity contribution is 0.0964. The zero-order valence-electron chi connectivity index (χ0n) is 14.5. The summed E-state index contributed by atoms with van der Waals surface area (Å²) in [4.78, 5) is 19.9. The van der Waals surface area contributed by atoms with E-state index >= 15 is 0 Å². The standard InChI is InChI=1S/C20H18N2O3S/c1-13-12-22(16-10-15(24-2)8-9-17(16)25-13)20(23)18-11-21-19(26-18)14-6-4-3-5-7-14/h3-11,13H,12H2,1-2H3. The fraction of sp³-hybridized carbons (Fsp3) is 0.200. The number of benzene rings is 2. The molecule has 0 aliphatic carbocycles. The minimum atomic E-state index is -0.0821. The minimum Gasteiger partial charge on any atom is -0.497 e. The van der Waals surface area contributed by atoms with Crippen LogP contribution in [0.5, 0.6) is 11.5 Å². The Balaban J connectivity index is 1.68. The van der Waals surface area contributed by atoms with Crippen LogP contribution < -0.4 is 14.4 Å². The first-order chi connectivity index (χ1) is 12.7. The van der Waals surface area contributed by atoms with Crippen molar-refractivity contribution in [2.75, 3.05) is 18.6 Å². The van der Waals surface area contributed by atoms with Gasteiger partial charge < -0.3 is 14.4 Å². The Labute approximate surface area is 155 Å². The minimum absolute atomic E-state index is 0.0747. The molecule has 1 aromatic heterocycles. The van der Waals surface area contributed by atoms with Crippen LogP contribution in [-0.4, -0.2) is 30.6 Å². The molecule has 1 amide bonds. The summed E-state index contributed by atoms with van der Waals surface area (Å²) < 4.78 is 11.2. The largest absolute Gasteiger partial charge is 0.497 e. The summed E-state index contributed by atoms with van der Waals surface area (Å²) in [6.45, 7) is 2.44. The first-order valence-corrected chi connectivity index (χ1v) is 9.15. The molecule has 1 aliphatic heterocycles. The predicted molar refractivity (Wildman–Crippen MR) is 102 cm³/mol. The molecule has 0 fully saturated rings. The molecule has 1 aliphatic rings. The van der Waals surface area contributed by atoms with Crippen LogP contribution in [0.25, 0.3) is 10.6 Å². The summed E-state index contributed by atoms with van der Waals surface area (Å²) in [5, 5.41) is 0.834. The fourth-order valence-corrected chi connectivity index (χ4v) is 3.83. The Kier molecular flexibility index (Phi) is 4.34. The van der Waals surface area contributed by atoms with Crippen LogP contribution in [0.15, 0.2) is 54.7 Å². The van der Waals surface area contributed by atoms with E-state index in [0.717, 1.165) is 16.3 Å². The Morgan fingerprint density at radius 3 is 2.85 bits per heavy atom. The topological polar surface area (TPSA) is 51.7 Å². The predicted octanol–water partition coefficient (Wildman–Crippen LogP) is 4.25. The van der Waals surface area contributed by atoms with Gasteiger partial charge in [-0.25, -0.2) is 4.98 Å². The van der Waals surface area contributed by atoms with Gasteiger partial charge in [-0.2, -0.15) is 0 Å². The highest BCUT2D eigenvalue weighted by atomic mass is 32.1. The van der Waals surface area contributed by atoms with E-state index in [9.17, 15) is 4.79 Å². The van der Waals surface area contributed by atoms with E-state index in [1.54, 1.807) is 18.2 Å². The number of nitrogens with zero attached hydrogens (tertiary/aromatic N) is 2. The SMILES string of the molecule is COc1ccc2c(c1)N(C(=O)c1cnc(-c3ccccc3)s1)CC(C)O2. The monoisotopic (exact) mass is 366 g/mol. The molecule has 0 radical (unpaired) electrons. The number of rotatable bonds is 3. The zero-order valence-corrected chi connectivity index (χ0v) is 15.3. The van der Waals surface area contributed by atoms with Crippen LogP contribution in [0.1, 0.15) is 16.6 Å².